The minimum absolute atomic E-state index is 0.0831. The summed E-state index contributed by atoms with van der Waals surface area (Å²) in [6.45, 7) is -0.134. The van der Waals surface area contributed by atoms with Gasteiger partial charge in [-0.25, -0.2) is 9.37 Å². The molecule has 1 aromatic heterocycles. The van der Waals surface area contributed by atoms with E-state index in [0.717, 1.165) is 12.8 Å². The molecular weight excluding hydrogens is 353 g/mol. The van der Waals surface area contributed by atoms with Crippen molar-refractivity contribution in [3.05, 3.63) is 46.5 Å². The van der Waals surface area contributed by atoms with E-state index in [1.807, 2.05) is 0 Å². The van der Waals surface area contributed by atoms with E-state index >= 15 is 0 Å². The van der Waals surface area contributed by atoms with Crippen molar-refractivity contribution in [1.82, 2.24) is 14.9 Å². The zero-order chi connectivity index (χ0) is 17.1. The Morgan fingerprint density at radius 2 is 2.29 bits per heavy atom. The number of imidazole rings is 1. The number of aliphatic hydroxyl groups is 1. The third-order valence-electron chi connectivity index (χ3n) is 3.72. The summed E-state index contributed by atoms with van der Waals surface area (Å²) < 4.78 is 15.5. The van der Waals surface area contributed by atoms with Crippen LogP contribution in [0.1, 0.15) is 24.1 Å². The van der Waals surface area contributed by atoms with Gasteiger partial charge < -0.3 is 15.0 Å². The average Bonchev–Trinajstić information content (AvgIpc) is 3.27. The Balaban J connectivity index is 1.72. The number of amides is 1. The maximum Gasteiger partial charge on any atom is 0.240 e. The van der Waals surface area contributed by atoms with Gasteiger partial charge in [-0.2, -0.15) is 0 Å². The lowest BCUT2D eigenvalue weighted by Gasteiger charge is -2.11. The minimum atomic E-state index is -0.373. The Hall–Kier alpha value is -1.57. The van der Waals surface area contributed by atoms with Crippen LogP contribution >= 0.6 is 23.4 Å². The van der Waals surface area contributed by atoms with Crippen LogP contribution in [0.4, 0.5) is 4.39 Å². The number of carbonyl (C=O) groups excluding carboxylic acids is 1. The molecule has 1 aromatic carbocycles. The highest BCUT2D eigenvalue weighted by Gasteiger charge is 2.24. The molecule has 2 aromatic rings. The van der Waals surface area contributed by atoms with Crippen molar-refractivity contribution in [3.8, 4) is 0 Å². The molecule has 0 spiro atoms. The molecule has 0 aliphatic heterocycles. The average molecular weight is 370 g/mol. The van der Waals surface area contributed by atoms with Gasteiger partial charge in [0.15, 0.2) is 5.16 Å². The van der Waals surface area contributed by atoms with Crippen molar-refractivity contribution >= 4 is 29.3 Å². The van der Waals surface area contributed by atoms with E-state index in [-0.39, 0.29) is 36.7 Å². The SMILES string of the molecule is O=C(Cn1c(CO)cnc1SCc1c(F)cccc1Cl)NC1CC1. The molecule has 8 heteroatoms. The highest BCUT2D eigenvalue weighted by molar-refractivity contribution is 7.98. The number of benzene rings is 1. The second-order valence-corrected chi connectivity index (χ2v) is 6.96. The van der Waals surface area contributed by atoms with Crippen molar-refractivity contribution in [3.63, 3.8) is 0 Å². The van der Waals surface area contributed by atoms with Crippen LogP contribution < -0.4 is 5.32 Å². The lowest BCUT2D eigenvalue weighted by atomic mass is 10.2. The van der Waals surface area contributed by atoms with Crippen molar-refractivity contribution < 1.29 is 14.3 Å². The molecule has 5 nitrogen and oxygen atoms in total. The lowest BCUT2D eigenvalue weighted by molar-refractivity contribution is -0.122. The number of thioether (sulfide) groups is 1. The molecule has 1 amide bonds. The van der Waals surface area contributed by atoms with Gasteiger partial charge in [-0.05, 0) is 25.0 Å². The molecule has 1 saturated carbocycles. The Kier molecular flexibility index (Phi) is 5.43. The van der Waals surface area contributed by atoms with E-state index in [2.05, 4.69) is 10.3 Å². The maximum absolute atomic E-state index is 13.9. The van der Waals surface area contributed by atoms with Crippen LogP contribution in [0.25, 0.3) is 0 Å². The zero-order valence-electron chi connectivity index (χ0n) is 12.8. The predicted octanol–water partition coefficient (Wildman–Crippen LogP) is 2.74. The van der Waals surface area contributed by atoms with Crippen molar-refractivity contribution in [2.24, 2.45) is 0 Å². The van der Waals surface area contributed by atoms with Crippen molar-refractivity contribution in [2.75, 3.05) is 0 Å². The van der Waals surface area contributed by atoms with E-state index in [1.165, 1.54) is 24.0 Å². The number of hydrogen-bond acceptors (Lipinski definition) is 4. The first-order chi connectivity index (χ1) is 11.6. The second kappa shape index (κ2) is 7.55. The molecule has 0 radical (unpaired) electrons. The topological polar surface area (TPSA) is 67.2 Å². The molecule has 1 aliphatic rings. The standard InChI is InChI=1S/C16H17ClFN3O2S/c17-13-2-1-3-14(18)12(13)9-24-16-19-6-11(8-22)21(16)7-15(23)20-10-4-5-10/h1-3,6,10,22H,4-5,7-9H2,(H,20,23). The first-order valence-electron chi connectivity index (χ1n) is 7.58. The van der Waals surface area contributed by atoms with Crippen LogP contribution in [0.15, 0.2) is 29.6 Å². The third kappa shape index (κ3) is 4.09. The summed E-state index contributed by atoms with van der Waals surface area (Å²) in [5.41, 5.74) is 0.940. The van der Waals surface area contributed by atoms with Gasteiger partial charge in [-0.3, -0.25) is 4.79 Å². The van der Waals surface area contributed by atoms with Crippen molar-refractivity contribution in [1.29, 1.82) is 0 Å². The van der Waals surface area contributed by atoms with Crippen LogP contribution in [0.2, 0.25) is 5.02 Å². The Morgan fingerprint density at radius 1 is 1.50 bits per heavy atom. The number of aromatic nitrogens is 2. The molecule has 3 rings (SSSR count). The Labute approximate surface area is 148 Å². The molecule has 0 unspecified atom stereocenters. The molecule has 24 heavy (non-hydrogen) atoms. The van der Waals surface area contributed by atoms with E-state index in [9.17, 15) is 14.3 Å². The molecule has 0 atom stereocenters. The number of nitrogens with one attached hydrogen (secondary N) is 1. The number of aliphatic hydroxyl groups excluding tert-OH is 1. The van der Waals surface area contributed by atoms with Gasteiger partial charge in [-0.1, -0.05) is 29.4 Å². The van der Waals surface area contributed by atoms with Crippen LogP contribution in [0.3, 0.4) is 0 Å². The Morgan fingerprint density at radius 3 is 2.96 bits per heavy atom. The molecule has 0 bridgehead atoms. The summed E-state index contributed by atoms with van der Waals surface area (Å²) in [6, 6.07) is 4.82. The number of hydrogen-bond donors (Lipinski definition) is 2. The maximum atomic E-state index is 13.9. The summed E-state index contributed by atoms with van der Waals surface area (Å²) >= 11 is 7.31. The van der Waals surface area contributed by atoms with E-state index in [0.29, 0.717) is 21.4 Å². The molecular formula is C16H17ClFN3O2S. The summed E-state index contributed by atoms with van der Waals surface area (Å²) in [5, 5.41) is 13.2. The normalized spacial score (nSPS) is 14.0. The highest BCUT2D eigenvalue weighted by Crippen LogP contribution is 2.28. The molecule has 1 fully saturated rings. The first kappa shape index (κ1) is 17.3. The molecule has 0 saturated heterocycles. The lowest BCUT2D eigenvalue weighted by Crippen LogP contribution is -2.30. The van der Waals surface area contributed by atoms with Crippen LogP contribution in [0.5, 0.6) is 0 Å². The van der Waals surface area contributed by atoms with E-state index < -0.39 is 0 Å². The quantitative estimate of drug-likeness (QED) is 0.736. The van der Waals surface area contributed by atoms with Crippen LogP contribution in [-0.2, 0) is 23.7 Å². The van der Waals surface area contributed by atoms with Gasteiger partial charge >= 0.3 is 0 Å². The number of nitrogens with zero attached hydrogens (tertiary/aromatic N) is 2. The van der Waals surface area contributed by atoms with Crippen LogP contribution in [0, 0.1) is 5.82 Å². The number of carbonyl (C=O) groups is 1. The highest BCUT2D eigenvalue weighted by atomic mass is 35.5. The molecule has 1 aliphatic carbocycles. The zero-order valence-corrected chi connectivity index (χ0v) is 14.4. The van der Waals surface area contributed by atoms with E-state index in [4.69, 9.17) is 11.6 Å². The summed E-state index contributed by atoms with van der Waals surface area (Å²) in [7, 11) is 0. The number of rotatable bonds is 7. The van der Waals surface area contributed by atoms with Gasteiger partial charge in [0, 0.05) is 22.4 Å². The van der Waals surface area contributed by atoms with Gasteiger partial charge in [0.1, 0.15) is 12.4 Å². The van der Waals surface area contributed by atoms with Crippen LogP contribution in [-0.4, -0.2) is 26.6 Å². The minimum Gasteiger partial charge on any atom is -0.390 e. The fourth-order valence-electron chi connectivity index (χ4n) is 2.25. The fraction of sp³-hybridized carbons (Fsp3) is 0.375. The van der Waals surface area contributed by atoms with Crippen molar-refractivity contribution in [2.45, 2.75) is 42.9 Å². The molecule has 1 heterocycles. The first-order valence-corrected chi connectivity index (χ1v) is 8.95. The molecule has 128 valence electrons. The Bertz CT molecular complexity index is 729. The monoisotopic (exact) mass is 369 g/mol. The van der Waals surface area contributed by atoms with Gasteiger partial charge in [-0.15, -0.1) is 0 Å². The van der Waals surface area contributed by atoms with Gasteiger partial charge in [0.05, 0.1) is 18.5 Å². The van der Waals surface area contributed by atoms with E-state index in [1.54, 1.807) is 16.7 Å². The summed E-state index contributed by atoms with van der Waals surface area (Å²) in [6.07, 6.45) is 3.54. The van der Waals surface area contributed by atoms with Gasteiger partial charge in [0.25, 0.3) is 0 Å². The summed E-state index contributed by atoms with van der Waals surface area (Å²) in [4.78, 5) is 16.3. The summed E-state index contributed by atoms with van der Waals surface area (Å²) in [5.74, 6) is -0.199. The van der Waals surface area contributed by atoms with Gasteiger partial charge in [0.2, 0.25) is 5.91 Å². The smallest absolute Gasteiger partial charge is 0.240 e. The third-order valence-corrected chi connectivity index (χ3v) is 5.09. The second-order valence-electron chi connectivity index (χ2n) is 5.61. The predicted molar refractivity (Wildman–Crippen MR) is 90.3 cm³/mol. The fourth-order valence-corrected chi connectivity index (χ4v) is 3.59. The molecule has 2 N–H and O–H groups in total. The largest absolute Gasteiger partial charge is 0.390 e. The number of halogens is 2.